The Hall–Kier alpha value is -0.590. The van der Waals surface area contributed by atoms with Crippen molar-refractivity contribution in [1.82, 2.24) is 0 Å². The lowest BCUT2D eigenvalue weighted by molar-refractivity contribution is 0.485. The molecule has 6 heteroatoms. The van der Waals surface area contributed by atoms with Crippen LogP contribution < -0.4 is 5.73 Å². The molecule has 0 radical (unpaired) electrons. The van der Waals surface area contributed by atoms with E-state index >= 15 is 0 Å². The van der Waals surface area contributed by atoms with Gasteiger partial charge < -0.3 is 5.73 Å². The van der Waals surface area contributed by atoms with Crippen molar-refractivity contribution in [2.75, 3.05) is 5.73 Å². The molecule has 0 atom stereocenters. The molecule has 10 heavy (non-hydrogen) atoms. The lowest BCUT2D eigenvalue weighted by Crippen LogP contribution is -1.93. The van der Waals surface area contributed by atoms with Gasteiger partial charge >= 0.3 is 10.1 Å². The van der Waals surface area contributed by atoms with E-state index in [1.807, 2.05) is 0 Å². The predicted octanol–water partition coefficient (Wildman–Crippen LogP) is 0.577. The number of hydrogen-bond acceptors (Lipinski definition) is 4. The molecular formula is C4H5NO3S2. The average molecular weight is 179 g/mol. The van der Waals surface area contributed by atoms with Crippen LogP contribution in [0.2, 0.25) is 0 Å². The van der Waals surface area contributed by atoms with E-state index in [0.717, 1.165) is 11.3 Å². The summed E-state index contributed by atoms with van der Waals surface area (Å²) in [6.07, 6.45) is 0. The summed E-state index contributed by atoms with van der Waals surface area (Å²) >= 11 is 0.894. The zero-order valence-corrected chi connectivity index (χ0v) is 6.45. The van der Waals surface area contributed by atoms with Crippen molar-refractivity contribution >= 4 is 27.1 Å². The topological polar surface area (TPSA) is 80.4 Å². The molecule has 0 saturated carbocycles. The number of nitrogen functional groups attached to an aromatic ring is 1. The fourth-order valence-electron chi connectivity index (χ4n) is 0.466. The highest BCUT2D eigenvalue weighted by atomic mass is 32.3. The third kappa shape index (κ3) is 1.47. The third-order valence-corrected chi connectivity index (χ3v) is 3.14. The second kappa shape index (κ2) is 2.22. The summed E-state index contributed by atoms with van der Waals surface area (Å²) in [5, 5.41) is 1.45. The molecule has 0 saturated heterocycles. The van der Waals surface area contributed by atoms with Gasteiger partial charge in [0.1, 0.15) is 4.21 Å². The van der Waals surface area contributed by atoms with Crippen LogP contribution >= 0.6 is 11.3 Å². The zero-order chi connectivity index (χ0) is 7.78. The van der Waals surface area contributed by atoms with E-state index in [9.17, 15) is 8.42 Å². The Balaban J connectivity index is 3.21. The van der Waals surface area contributed by atoms with Crippen LogP contribution in [0.1, 0.15) is 0 Å². The van der Waals surface area contributed by atoms with Crippen molar-refractivity contribution in [2.24, 2.45) is 0 Å². The Morgan fingerprint density at radius 3 is 2.40 bits per heavy atom. The molecule has 0 amide bonds. The summed E-state index contributed by atoms with van der Waals surface area (Å²) in [5.41, 5.74) is 5.56. The smallest absolute Gasteiger partial charge is 0.304 e. The molecule has 56 valence electrons. The summed E-state index contributed by atoms with van der Waals surface area (Å²) in [7, 11) is -4.04. The summed E-state index contributed by atoms with van der Waals surface area (Å²) in [6, 6.07) is 1.21. The van der Waals surface area contributed by atoms with Gasteiger partial charge in [-0.05, 0) is 6.07 Å². The molecule has 0 aliphatic heterocycles. The van der Waals surface area contributed by atoms with Crippen LogP contribution in [0.5, 0.6) is 0 Å². The molecule has 0 bridgehead atoms. The molecular weight excluding hydrogens is 174 g/mol. The van der Waals surface area contributed by atoms with Crippen molar-refractivity contribution in [2.45, 2.75) is 4.21 Å². The van der Waals surface area contributed by atoms with Gasteiger partial charge in [0.15, 0.2) is 0 Å². The van der Waals surface area contributed by atoms with Crippen LogP contribution in [0.4, 0.5) is 5.69 Å². The number of nitrogens with two attached hydrogens (primary N) is 1. The molecule has 3 N–H and O–H groups in total. The summed E-state index contributed by atoms with van der Waals surface area (Å²) in [4.78, 5) is 0. The molecule has 1 aromatic rings. The standard InChI is InChI=1S/C4H5NO3S2/c5-3-1-4(9-2-3)10(6,7)8/h1-2H,5H2,(H,6,7,8). The molecule has 1 heterocycles. The highest BCUT2D eigenvalue weighted by Crippen LogP contribution is 2.20. The minimum absolute atomic E-state index is 0.120. The molecule has 1 aromatic heterocycles. The van der Waals surface area contributed by atoms with E-state index in [1.165, 1.54) is 11.4 Å². The largest absolute Gasteiger partial charge is 0.398 e. The number of rotatable bonds is 1. The first-order chi connectivity index (χ1) is 4.50. The molecule has 0 fully saturated rings. The van der Waals surface area contributed by atoms with Crippen LogP contribution in [-0.4, -0.2) is 13.0 Å². The van der Waals surface area contributed by atoms with Crippen LogP contribution in [0, 0.1) is 0 Å². The Morgan fingerprint density at radius 1 is 1.60 bits per heavy atom. The molecule has 0 unspecified atom stereocenters. The van der Waals surface area contributed by atoms with Gasteiger partial charge in [-0.3, -0.25) is 4.55 Å². The van der Waals surface area contributed by atoms with Gasteiger partial charge in [-0.2, -0.15) is 8.42 Å². The third-order valence-electron chi connectivity index (χ3n) is 0.850. The van der Waals surface area contributed by atoms with Gasteiger partial charge in [-0.25, -0.2) is 0 Å². The Labute approximate surface area is 62.0 Å². The van der Waals surface area contributed by atoms with Crippen molar-refractivity contribution in [3.8, 4) is 0 Å². The predicted molar refractivity (Wildman–Crippen MR) is 38.5 cm³/mol. The van der Waals surface area contributed by atoms with E-state index in [2.05, 4.69) is 0 Å². The molecule has 4 nitrogen and oxygen atoms in total. The van der Waals surface area contributed by atoms with E-state index in [-0.39, 0.29) is 4.21 Å². The number of hydrogen-bond donors (Lipinski definition) is 2. The minimum atomic E-state index is -4.04. The van der Waals surface area contributed by atoms with Crippen LogP contribution in [-0.2, 0) is 10.1 Å². The van der Waals surface area contributed by atoms with Gasteiger partial charge in [0.05, 0.1) is 0 Å². The monoisotopic (exact) mass is 179 g/mol. The molecule has 1 rings (SSSR count). The maximum Gasteiger partial charge on any atom is 0.304 e. The molecule has 0 aliphatic carbocycles. The second-order valence-corrected chi connectivity index (χ2v) is 4.23. The average Bonchev–Trinajstić information content (AvgIpc) is 2.11. The molecule has 0 aromatic carbocycles. The number of thiophene rings is 1. The Bertz CT molecular complexity index is 326. The van der Waals surface area contributed by atoms with Gasteiger partial charge in [0.2, 0.25) is 0 Å². The van der Waals surface area contributed by atoms with Gasteiger partial charge in [0, 0.05) is 11.1 Å². The first-order valence-corrected chi connectivity index (χ1v) is 4.63. The Morgan fingerprint density at radius 2 is 2.20 bits per heavy atom. The van der Waals surface area contributed by atoms with Crippen molar-refractivity contribution < 1.29 is 13.0 Å². The van der Waals surface area contributed by atoms with Crippen molar-refractivity contribution in [1.29, 1.82) is 0 Å². The normalized spacial score (nSPS) is 11.7. The highest BCUT2D eigenvalue weighted by molar-refractivity contribution is 7.88. The van der Waals surface area contributed by atoms with Crippen LogP contribution in [0.25, 0.3) is 0 Å². The first kappa shape index (κ1) is 7.52. The van der Waals surface area contributed by atoms with E-state index in [0.29, 0.717) is 5.69 Å². The summed E-state index contributed by atoms with van der Waals surface area (Å²) in [5.74, 6) is 0. The van der Waals surface area contributed by atoms with Crippen LogP contribution in [0.15, 0.2) is 15.7 Å². The molecule has 0 spiro atoms. The van der Waals surface area contributed by atoms with Gasteiger partial charge in [-0.15, -0.1) is 11.3 Å². The lowest BCUT2D eigenvalue weighted by atomic mass is 10.6. The van der Waals surface area contributed by atoms with E-state index in [4.69, 9.17) is 10.3 Å². The van der Waals surface area contributed by atoms with Crippen molar-refractivity contribution in [3.63, 3.8) is 0 Å². The van der Waals surface area contributed by atoms with E-state index < -0.39 is 10.1 Å². The maximum absolute atomic E-state index is 10.4. The van der Waals surface area contributed by atoms with Crippen molar-refractivity contribution in [3.05, 3.63) is 11.4 Å². The maximum atomic E-state index is 10.4. The lowest BCUT2D eigenvalue weighted by Gasteiger charge is -1.85. The quantitative estimate of drug-likeness (QED) is 0.618. The fraction of sp³-hybridized carbons (Fsp3) is 0. The summed E-state index contributed by atoms with van der Waals surface area (Å²) < 4.78 is 29.0. The SMILES string of the molecule is Nc1csc(S(=O)(=O)O)c1. The highest BCUT2D eigenvalue weighted by Gasteiger charge is 2.10. The minimum Gasteiger partial charge on any atom is -0.398 e. The first-order valence-electron chi connectivity index (χ1n) is 2.31. The van der Waals surface area contributed by atoms with Gasteiger partial charge in [-0.1, -0.05) is 0 Å². The Kier molecular flexibility index (Phi) is 1.67. The summed E-state index contributed by atoms with van der Waals surface area (Å²) in [6.45, 7) is 0. The zero-order valence-electron chi connectivity index (χ0n) is 4.81. The van der Waals surface area contributed by atoms with Gasteiger partial charge in [0.25, 0.3) is 0 Å². The molecule has 0 aliphatic rings. The van der Waals surface area contributed by atoms with E-state index in [1.54, 1.807) is 0 Å². The second-order valence-electron chi connectivity index (χ2n) is 1.67. The fourth-order valence-corrected chi connectivity index (χ4v) is 1.91. The van der Waals surface area contributed by atoms with Crippen LogP contribution in [0.3, 0.4) is 0 Å². The number of anilines is 1.